The first-order chi connectivity index (χ1) is 7.83. The Bertz CT molecular complexity index is 493. The lowest BCUT2D eigenvalue weighted by molar-refractivity contribution is 0.729. The maximum absolute atomic E-state index is 8.91. The summed E-state index contributed by atoms with van der Waals surface area (Å²) in [6.45, 7) is 0. The van der Waals surface area contributed by atoms with Gasteiger partial charge in [0.15, 0.2) is 0 Å². The fraction of sp³-hybridized carbons (Fsp3) is 0.231. The molecule has 0 spiro atoms. The molecule has 0 aliphatic rings. The van der Waals surface area contributed by atoms with Crippen LogP contribution in [0.3, 0.4) is 0 Å². The van der Waals surface area contributed by atoms with Gasteiger partial charge in [0.1, 0.15) is 0 Å². The highest BCUT2D eigenvalue weighted by Gasteiger charge is 2.16. The van der Waals surface area contributed by atoms with E-state index in [2.05, 4.69) is 21.7 Å². The minimum absolute atomic E-state index is 0.110. The lowest BCUT2D eigenvalue weighted by atomic mass is 9.94. The van der Waals surface area contributed by atoms with Gasteiger partial charge in [-0.1, -0.05) is 6.07 Å². The Hall–Kier alpha value is -2.08. The third-order valence-electron chi connectivity index (χ3n) is 2.72. The summed E-state index contributed by atoms with van der Waals surface area (Å²) in [6.07, 6.45) is 6.05. The average Bonchev–Trinajstić information content (AvgIpc) is 2.73. The van der Waals surface area contributed by atoms with Gasteiger partial charge in [-0.25, -0.2) is 0 Å². The Morgan fingerprint density at radius 3 is 2.88 bits per heavy atom. The Morgan fingerprint density at radius 1 is 1.44 bits per heavy atom. The van der Waals surface area contributed by atoms with Crippen LogP contribution in [0.2, 0.25) is 0 Å². The molecule has 0 aromatic carbocycles. The molecule has 0 aliphatic heterocycles. The lowest BCUT2D eigenvalue weighted by Crippen LogP contribution is -2.05. The van der Waals surface area contributed by atoms with Gasteiger partial charge < -0.3 is 4.57 Å². The van der Waals surface area contributed by atoms with Crippen LogP contribution in [0, 0.1) is 11.3 Å². The zero-order valence-corrected chi connectivity index (χ0v) is 9.17. The molecule has 1 unspecified atom stereocenters. The van der Waals surface area contributed by atoms with Gasteiger partial charge in [-0.05, 0) is 23.8 Å². The molecule has 3 nitrogen and oxygen atoms in total. The van der Waals surface area contributed by atoms with E-state index in [-0.39, 0.29) is 5.92 Å². The minimum Gasteiger partial charge on any atom is -0.354 e. The van der Waals surface area contributed by atoms with Crippen LogP contribution in [0.25, 0.3) is 0 Å². The topological polar surface area (TPSA) is 41.6 Å². The van der Waals surface area contributed by atoms with Gasteiger partial charge in [0, 0.05) is 43.7 Å². The van der Waals surface area contributed by atoms with Crippen molar-refractivity contribution in [3.63, 3.8) is 0 Å². The van der Waals surface area contributed by atoms with Gasteiger partial charge in [0.25, 0.3) is 0 Å². The zero-order chi connectivity index (χ0) is 11.4. The standard InChI is InChI=1S/C13H13N3/c1-16-9-3-5-13(16)12(6-7-14)11-4-2-8-15-10-11/h2-5,8-10,12H,6H2,1H3. The van der Waals surface area contributed by atoms with Crippen LogP contribution in [-0.4, -0.2) is 9.55 Å². The molecule has 0 N–H and O–H groups in total. The number of hydrogen-bond donors (Lipinski definition) is 0. The predicted octanol–water partition coefficient (Wildman–Crippen LogP) is 2.47. The minimum atomic E-state index is 0.110. The van der Waals surface area contributed by atoms with Crippen LogP contribution in [0.4, 0.5) is 0 Å². The molecule has 0 fully saturated rings. The largest absolute Gasteiger partial charge is 0.354 e. The molecule has 2 rings (SSSR count). The zero-order valence-electron chi connectivity index (χ0n) is 9.17. The molecule has 3 heteroatoms. The monoisotopic (exact) mass is 211 g/mol. The third-order valence-corrected chi connectivity index (χ3v) is 2.72. The van der Waals surface area contributed by atoms with E-state index in [0.717, 1.165) is 11.3 Å². The van der Waals surface area contributed by atoms with Crippen LogP contribution >= 0.6 is 0 Å². The highest BCUT2D eigenvalue weighted by atomic mass is 14.9. The van der Waals surface area contributed by atoms with Crippen LogP contribution in [0.5, 0.6) is 0 Å². The van der Waals surface area contributed by atoms with Gasteiger partial charge in [-0.15, -0.1) is 0 Å². The average molecular weight is 211 g/mol. The number of pyridine rings is 1. The molecule has 2 aromatic heterocycles. The maximum Gasteiger partial charge on any atom is 0.0632 e. The van der Waals surface area contributed by atoms with E-state index < -0.39 is 0 Å². The van der Waals surface area contributed by atoms with Crippen molar-refractivity contribution < 1.29 is 0 Å². The number of rotatable bonds is 3. The second-order valence-electron chi connectivity index (χ2n) is 3.75. The van der Waals surface area contributed by atoms with Crippen LogP contribution < -0.4 is 0 Å². The van der Waals surface area contributed by atoms with Crippen LogP contribution in [0.1, 0.15) is 23.6 Å². The van der Waals surface area contributed by atoms with E-state index in [4.69, 9.17) is 5.26 Å². The molecule has 2 aromatic rings. The van der Waals surface area contributed by atoms with E-state index in [1.807, 2.05) is 37.6 Å². The first-order valence-corrected chi connectivity index (χ1v) is 5.21. The molecule has 0 saturated heterocycles. The fourth-order valence-corrected chi connectivity index (χ4v) is 1.90. The predicted molar refractivity (Wildman–Crippen MR) is 61.7 cm³/mol. The second-order valence-corrected chi connectivity index (χ2v) is 3.75. The van der Waals surface area contributed by atoms with E-state index >= 15 is 0 Å². The lowest BCUT2D eigenvalue weighted by Gasteiger charge is -2.14. The van der Waals surface area contributed by atoms with Crippen molar-refractivity contribution in [2.45, 2.75) is 12.3 Å². The van der Waals surface area contributed by atoms with Crippen molar-refractivity contribution >= 4 is 0 Å². The van der Waals surface area contributed by atoms with E-state index in [9.17, 15) is 0 Å². The number of nitriles is 1. The second kappa shape index (κ2) is 4.63. The summed E-state index contributed by atoms with van der Waals surface area (Å²) in [4.78, 5) is 4.11. The van der Waals surface area contributed by atoms with Gasteiger partial charge in [0.05, 0.1) is 6.07 Å². The SMILES string of the molecule is Cn1cccc1C(CC#N)c1cccnc1. The van der Waals surface area contributed by atoms with E-state index in [1.165, 1.54) is 0 Å². The molecule has 1 atom stereocenters. The Morgan fingerprint density at radius 2 is 2.31 bits per heavy atom. The third kappa shape index (κ3) is 1.96. The smallest absolute Gasteiger partial charge is 0.0632 e. The molecule has 0 radical (unpaired) electrons. The summed E-state index contributed by atoms with van der Waals surface area (Å²) in [6, 6.07) is 10.2. The summed E-state index contributed by atoms with van der Waals surface area (Å²) in [5, 5.41) is 8.91. The number of nitrogens with zero attached hydrogens (tertiary/aromatic N) is 3. The van der Waals surface area contributed by atoms with Crippen molar-refractivity contribution in [1.82, 2.24) is 9.55 Å². The van der Waals surface area contributed by atoms with Gasteiger partial charge >= 0.3 is 0 Å². The fourth-order valence-electron chi connectivity index (χ4n) is 1.90. The highest BCUT2D eigenvalue weighted by Crippen LogP contribution is 2.26. The number of aryl methyl sites for hydroxylation is 1. The summed E-state index contributed by atoms with van der Waals surface area (Å²) < 4.78 is 2.05. The molecule has 0 amide bonds. The molecular formula is C13H13N3. The number of hydrogen-bond acceptors (Lipinski definition) is 2. The first kappa shape index (κ1) is 10.4. The maximum atomic E-state index is 8.91. The first-order valence-electron chi connectivity index (χ1n) is 5.21. The Labute approximate surface area is 95.0 Å². The van der Waals surface area contributed by atoms with Crippen molar-refractivity contribution in [2.75, 3.05) is 0 Å². The summed E-state index contributed by atoms with van der Waals surface area (Å²) in [5.41, 5.74) is 2.24. The summed E-state index contributed by atoms with van der Waals surface area (Å²) in [5.74, 6) is 0.110. The van der Waals surface area contributed by atoms with Gasteiger partial charge in [-0.2, -0.15) is 5.26 Å². The Balaban J connectivity index is 2.40. The van der Waals surface area contributed by atoms with Crippen molar-refractivity contribution in [3.05, 3.63) is 54.1 Å². The van der Waals surface area contributed by atoms with E-state index in [1.54, 1.807) is 6.20 Å². The number of aromatic nitrogens is 2. The normalized spacial score (nSPS) is 12.0. The quantitative estimate of drug-likeness (QED) is 0.782. The van der Waals surface area contributed by atoms with E-state index in [0.29, 0.717) is 6.42 Å². The molecule has 0 aliphatic carbocycles. The molecular weight excluding hydrogens is 198 g/mol. The molecule has 0 saturated carbocycles. The Kier molecular flexibility index (Phi) is 3.02. The van der Waals surface area contributed by atoms with Crippen molar-refractivity contribution in [2.24, 2.45) is 7.05 Å². The van der Waals surface area contributed by atoms with Crippen molar-refractivity contribution in [1.29, 1.82) is 5.26 Å². The molecule has 0 bridgehead atoms. The molecule has 16 heavy (non-hydrogen) atoms. The molecule has 2 heterocycles. The van der Waals surface area contributed by atoms with Gasteiger partial charge in [0.2, 0.25) is 0 Å². The summed E-state index contributed by atoms with van der Waals surface area (Å²) in [7, 11) is 2.00. The van der Waals surface area contributed by atoms with Crippen LogP contribution in [0.15, 0.2) is 42.9 Å². The van der Waals surface area contributed by atoms with Gasteiger partial charge in [-0.3, -0.25) is 4.98 Å². The highest BCUT2D eigenvalue weighted by molar-refractivity contribution is 5.28. The van der Waals surface area contributed by atoms with Crippen molar-refractivity contribution in [3.8, 4) is 6.07 Å². The van der Waals surface area contributed by atoms with Crippen LogP contribution in [-0.2, 0) is 7.05 Å². The molecule has 80 valence electrons. The summed E-state index contributed by atoms with van der Waals surface area (Å²) >= 11 is 0.